The van der Waals surface area contributed by atoms with E-state index in [0.29, 0.717) is 26.2 Å². The Balaban J connectivity index is 1.89. The number of aliphatic hydroxyl groups excluding tert-OH is 1. The number of hydrogen-bond acceptors (Lipinski definition) is 5. The lowest BCUT2D eigenvalue weighted by molar-refractivity contribution is 0.0202. The average molecular weight is 291 g/mol. The lowest BCUT2D eigenvalue weighted by atomic mass is 10.3. The van der Waals surface area contributed by atoms with Gasteiger partial charge in [0.2, 0.25) is 0 Å². The highest BCUT2D eigenvalue weighted by Crippen LogP contribution is 2.11. The van der Waals surface area contributed by atoms with Crippen molar-refractivity contribution in [2.24, 2.45) is 0 Å². The summed E-state index contributed by atoms with van der Waals surface area (Å²) in [6.45, 7) is 5.97. The summed E-state index contributed by atoms with van der Waals surface area (Å²) in [4.78, 5) is 2.06. The van der Waals surface area contributed by atoms with E-state index in [-0.39, 0.29) is 6.61 Å². The minimum Gasteiger partial charge on any atom is -0.468 e. The molecule has 0 radical (unpaired) electrons. The Bertz CT molecular complexity index is 456. The topological polar surface area (TPSA) is 59.0 Å². The third-order valence-corrected chi connectivity index (χ3v) is 2.93. The van der Waals surface area contributed by atoms with E-state index in [4.69, 9.17) is 13.6 Å². The largest absolute Gasteiger partial charge is 0.468 e. The second kappa shape index (κ2) is 8.46. The van der Waals surface area contributed by atoms with Gasteiger partial charge in [0.1, 0.15) is 11.5 Å². The second-order valence-electron chi connectivity index (χ2n) is 4.81. The van der Waals surface area contributed by atoms with Crippen molar-refractivity contribution in [3.63, 3.8) is 0 Å². The van der Waals surface area contributed by atoms with Crippen LogP contribution in [0.5, 0.6) is 0 Å². The zero-order valence-corrected chi connectivity index (χ0v) is 12.0. The van der Waals surface area contributed by atoms with Crippen LogP contribution in [0, 0.1) is 0 Å². The first-order valence-electron chi connectivity index (χ1n) is 6.91. The van der Waals surface area contributed by atoms with Crippen LogP contribution in [0.1, 0.15) is 11.5 Å². The fourth-order valence-corrected chi connectivity index (χ4v) is 2.07. The van der Waals surface area contributed by atoms with E-state index >= 15 is 0 Å². The molecule has 2 aromatic rings. The molecule has 0 spiro atoms. The Hall–Kier alpha value is -1.82. The van der Waals surface area contributed by atoms with Crippen LogP contribution in [0.25, 0.3) is 0 Å². The maximum Gasteiger partial charge on any atom is 0.117 e. The Morgan fingerprint density at radius 1 is 1.19 bits per heavy atom. The van der Waals surface area contributed by atoms with Crippen LogP contribution in [0.4, 0.5) is 0 Å². The third-order valence-electron chi connectivity index (χ3n) is 2.93. The van der Waals surface area contributed by atoms with Gasteiger partial charge in [-0.3, -0.25) is 4.90 Å². The maximum absolute atomic E-state index is 10.0. The summed E-state index contributed by atoms with van der Waals surface area (Å²) in [6.07, 6.45) is 4.37. The van der Waals surface area contributed by atoms with Crippen molar-refractivity contribution >= 4 is 0 Å². The van der Waals surface area contributed by atoms with Gasteiger partial charge in [-0.1, -0.05) is 6.08 Å². The van der Waals surface area contributed by atoms with Crippen molar-refractivity contribution in [2.75, 3.05) is 19.8 Å². The predicted molar refractivity (Wildman–Crippen MR) is 78.6 cm³/mol. The van der Waals surface area contributed by atoms with Crippen LogP contribution < -0.4 is 0 Å². The molecule has 0 amide bonds. The summed E-state index contributed by atoms with van der Waals surface area (Å²) in [5.41, 5.74) is 0. The normalized spacial score (nSPS) is 12.7. The number of aliphatic hydroxyl groups is 1. The molecule has 0 fully saturated rings. The van der Waals surface area contributed by atoms with Crippen molar-refractivity contribution in [2.45, 2.75) is 19.2 Å². The van der Waals surface area contributed by atoms with E-state index in [1.54, 1.807) is 18.6 Å². The van der Waals surface area contributed by atoms with Gasteiger partial charge in [0.15, 0.2) is 0 Å². The summed E-state index contributed by atoms with van der Waals surface area (Å²) in [5.74, 6) is 1.70. The van der Waals surface area contributed by atoms with Gasteiger partial charge in [0, 0.05) is 6.54 Å². The summed E-state index contributed by atoms with van der Waals surface area (Å²) in [7, 11) is 0. The molecule has 2 aromatic heterocycles. The van der Waals surface area contributed by atoms with E-state index < -0.39 is 6.10 Å². The molecule has 1 N–H and O–H groups in total. The molecule has 21 heavy (non-hydrogen) atoms. The zero-order valence-electron chi connectivity index (χ0n) is 12.0. The van der Waals surface area contributed by atoms with Crippen LogP contribution in [0.15, 0.2) is 58.3 Å². The monoisotopic (exact) mass is 291 g/mol. The van der Waals surface area contributed by atoms with Gasteiger partial charge in [-0.2, -0.15) is 0 Å². The van der Waals surface area contributed by atoms with Gasteiger partial charge in [0.05, 0.1) is 44.9 Å². The highest BCUT2D eigenvalue weighted by atomic mass is 16.5. The highest BCUT2D eigenvalue weighted by Gasteiger charge is 2.15. The Labute approximate surface area is 124 Å². The summed E-state index contributed by atoms with van der Waals surface area (Å²) in [5, 5.41) is 10.0. The number of hydrogen-bond donors (Lipinski definition) is 1. The van der Waals surface area contributed by atoms with E-state index in [0.717, 1.165) is 11.5 Å². The molecule has 114 valence electrons. The molecule has 2 rings (SSSR count). The molecule has 5 nitrogen and oxygen atoms in total. The van der Waals surface area contributed by atoms with Gasteiger partial charge in [-0.05, 0) is 24.3 Å². The van der Waals surface area contributed by atoms with Crippen molar-refractivity contribution in [1.29, 1.82) is 0 Å². The first-order valence-corrected chi connectivity index (χ1v) is 6.91. The molecule has 5 heteroatoms. The molecule has 0 aromatic carbocycles. The van der Waals surface area contributed by atoms with Gasteiger partial charge < -0.3 is 18.7 Å². The molecule has 0 saturated heterocycles. The molecule has 0 saturated carbocycles. The standard InChI is InChI=1S/C16H21NO4/c1-2-7-19-13-14(18)10-17(11-15-5-3-8-20-15)12-16-6-4-9-21-16/h2-6,8-9,14,18H,1,7,10-13H2. The van der Waals surface area contributed by atoms with E-state index in [9.17, 15) is 5.11 Å². The molecular weight excluding hydrogens is 270 g/mol. The summed E-state index contributed by atoms with van der Waals surface area (Å²) >= 11 is 0. The van der Waals surface area contributed by atoms with Crippen molar-refractivity contribution in [3.8, 4) is 0 Å². The Morgan fingerprint density at radius 2 is 1.81 bits per heavy atom. The summed E-state index contributed by atoms with van der Waals surface area (Å²) < 4.78 is 16.0. The molecule has 0 aliphatic rings. The number of furan rings is 2. The van der Waals surface area contributed by atoms with Crippen LogP contribution >= 0.6 is 0 Å². The van der Waals surface area contributed by atoms with Crippen molar-refractivity contribution < 1.29 is 18.7 Å². The molecule has 2 heterocycles. The molecule has 0 aliphatic heterocycles. The van der Waals surface area contributed by atoms with Gasteiger partial charge in [-0.25, -0.2) is 0 Å². The number of rotatable bonds is 10. The SMILES string of the molecule is C=CCOCC(O)CN(Cc1ccco1)Cc1ccco1. The van der Waals surface area contributed by atoms with Gasteiger partial charge in [-0.15, -0.1) is 6.58 Å². The Morgan fingerprint density at radius 3 is 2.29 bits per heavy atom. The van der Waals surface area contributed by atoms with Gasteiger partial charge >= 0.3 is 0 Å². The molecule has 0 aliphatic carbocycles. The molecule has 1 atom stereocenters. The summed E-state index contributed by atoms with van der Waals surface area (Å²) in [6, 6.07) is 7.53. The maximum atomic E-state index is 10.0. The smallest absolute Gasteiger partial charge is 0.117 e. The minimum atomic E-state index is -0.574. The van der Waals surface area contributed by atoms with Crippen LogP contribution in [0.2, 0.25) is 0 Å². The second-order valence-corrected chi connectivity index (χ2v) is 4.81. The van der Waals surface area contributed by atoms with Crippen LogP contribution in [-0.4, -0.2) is 35.9 Å². The zero-order chi connectivity index (χ0) is 14.9. The van der Waals surface area contributed by atoms with Crippen LogP contribution in [-0.2, 0) is 17.8 Å². The minimum absolute atomic E-state index is 0.277. The first kappa shape index (κ1) is 15.6. The van der Waals surface area contributed by atoms with Crippen molar-refractivity contribution in [3.05, 3.63) is 61.0 Å². The van der Waals surface area contributed by atoms with Gasteiger partial charge in [0.25, 0.3) is 0 Å². The lowest BCUT2D eigenvalue weighted by Gasteiger charge is -2.23. The average Bonchev–Trinajstić information content (AvgIpc) is 3.12. The highest BCUT2D eigenvalue weighted by molar-refractivity contribution is 5.01. The first-order chi connectivity index (χ1) is 10.3. The van der Waals surface area contributed by atoms with Crippen LogP contribution in [0.3, 0.4) is 0 Å². The number of nitrogens with zero attached hydrogens (tertiary/aromatic N) is 1. The van der Waals surface area contributed by atoms with Crippen molar-refractivity contribution in [1.82, 2.24) is 4.90 Å². The third kappa shape index (κ3) is 5.59. The fourth-order valence-electron chi connectivity index (χ4n) is 2.07. The number of ether oxygens (including phenoxy) is 1. The van der Waals surface area contributed by atoms with E-state index in [1.165, 1.54) is 0 Å². The molecule has 1 unspecified atom stereocenters. The quantitative estimate of drug-likeness (QED) is 0.538. The lowest BCUT2D eigenvalue weighted by Crippen LogP contribution is -2.34. The van der Waals surface area contributed by atoms with E-state index in [1.807, 2.05) is 24.3 Å². The Kier molecular flexibility index (Phi) is 6.27. The molecule has 0 bridgehead atoms. The van der Waals surface area contributed by atoms with E-state index in [2.05, 4.69) is 11.5 Å². The fraction of sp³-hybridized carbons (Fsp3) is 0.375. The molecular formula is C16H21NO4. The predicted octanol–water partition coefficient (Wildman–Crippen LogP) is 2.44.